The summed E-state index contributed by atoms with van der Waals surface area (Å²) in [4.78, 5) is 11.3. The Labute approximate surface area is 137 Å². The summed E-state index contributed by atoms with van der Waals surface area (Å²) in [5, 5.41) is 30.3. The molecule has 0 amide bonds. The van der Waals surface area contributed by atoms with Crippen LogP contribution in [0.15, 0.2) is 30.5 Å². The molecule has 2 aromatic rings. The highest BCUT2D eigenvalue weighted by molar-refractivity contribution is 5.86. The van der Waals surface area contributed by atoms with Crippen LogP contribution in [0.4, 0.5) is 0 Å². The van der Waals surface area contributed by atoms with Gasteiger partial charge in [-0.1, -0.05) is 12.1 Å². The fourth-order valence-electron chi connectivity index (χ4n) is 2.92. The predicted molar refractivity (Wildman–Crippen MR) is 82.7 cm³/mol. The lowest BCUT2D eigenvalue weighted by Gasteiger charge is -2.39. The fraction of sp³-hybridized carbons (Fsp3) is 0.438. The maximum atomic E-state index is 11.3. The first-order valence-corrected chi connectivity index (χ1v) is 7.42. The monoisotopic (exact) mass is 337 g/mol. The van der Waals surface area contributed by atoms with E-state index in [9.17, 15) is 20.1 Å². The number of aromatic nitrogens is 1. The number of aliphatic hydroxyl groups excluding tert-OH is 2. The van der Waals surface area contributed by atoms with Crippen LogP contribution in [-0.2, 0) is 21.3 Å². The number of aryl methyl sites for hydroxylation is 1. The van der Waals surface area contributed by atoms with Crippen LogP contribution in [0, 0.1) is 0 Å². The van der Waals surface area contributed by atoms with Gasteiger partial charge in [-0.25, -0.2) is 4.79 Å². The number of para-hydroxylation sites is 1. The molecule has 3 N–H and O–H groups in total. The zero-order valence-corrected chi connectivity index (χ0v) is 13.2. The van der Waals surface area contributed by atoms with Crippen molar-refractivity contribution >= 4 is 16.9 Å². The Hall–Kier alpha value is -2.13. The fourth-order valence-corrected chi connectivity index (χ4v) is 2.92. The summed E-state index contributed by atoms with van der Waals surface area (Å²) in [5.74, 6) is -0.885. The number of hydrogen-bond donors (Lipinski definition) is 3. The number of aliphatic hydroxyl groups is 2. The van der Waals surface area contributed by atoms with E-state index >= 15 is 0 Å². The molecule has 3 rings (SSSR count). The number of hydrogen-bond acceptors (Lipinski definition) is 6. The lowest BCUT2D eigenvalue weighted by Crippen LogP contribution is -2.61. The van der Waals surface area contributed by atoms with Crippen molar-refractivity contribution in [3.63, 3.8) is 0 Å². The molecule has 0 spiro atoms. The largest absolute Gasteiger partial charge is 0.479 e. The lowest BCUT2D eigenvalue weighted by molar-refractivity contribution is -0.275. The highest BCUT2D eigenvalue weighted by Crippen LogP contribution is 2.31. The first-order chi connectivity index (χ1) is 11.4. The predicted octanol–water partition coefficient (Wildman–Crippen LogP) is 0.103. The first-order valence-electron chi connectivity index (χ1n) is 7.42. The van der Waals surface area contributed by atoms with E-state index in [0.717, 1.165) is 10.9 Å². The third-order valence-electron chi connectivity index (χ3n) is 4.16. The summed E-state index contributed by atoms with van der Waals surface area (Å²) in [6.07, 6.45) is -5.18. The number of benzene rings is 1. The molecule has 1 aromatic carbocycles. The van der Waals surface area contributed by atoms with Crippen molar-refractivity contribution in [1.82, 2.24) is 4.57 Å². The zero-order chi connectivity index (χ0) is 17.4. The minimum Gasteiger partial charge on any atom is -0.479 e. The first kappa shape index (κ1) is 16.7. The normalized spacial score (nSPS) is 30.4. The van der Waals surface area contributed by atoms with Gasteiger partial charge in [-0.3, -0.25) is 0 Å². The average molecular weight is 337 g/mol. The van der Waals surface area contributed by atoms with Crippen LogP contribution < -0.4 is 4.74 Å². The molecule has 8 heteroatoms. The van der Waals surface area contributed by atoms with Gasteiger partial charge >= 0.3 is 5.97 Å². The number of rotatable bonds is 4. The smallest absolute Gasteiger partial charge is 0.335 e. The number of carbonyl (C=O) groups is 1. The second kappa shape index (κ2) is 6.40. The summed E-state index contributed by atoms with van der Waals surface area (Å²) >= 11 is 0. The Morgan fingerprint density at radius 2 is 1.96 bits per heavy atom. The number of carboxylic acid groups (broad SMARTS) is 1. The number of methoxy groups -OCH3 is 1. The van der Waals surface area contributed by atoms with Gasteiger partial charge in [-0.2, -0.15) is 0 Å². The van der Waals surface area contributed by atoms with E-state index in [1.54, 1.807) is 6.20 Å². The molecule has 130 valence electrons. The molecule has 2 heterocycles. The van der Waals surface area contributed by atoms with Crippen LogP contribution in [0.25, 0.3) is 10.9 Å². The van der Waals surface area contributed by atoms with Crippen molar-refractivity contribution in [1.29, 1.82) is 0 Å². The molecule has 5 atom stereocenters. The number of nitrogens with zero attached hydrogens (tertiary/aromatic N) is 1. The maximum Gasteiger partial charge on any atom is 0.335 e. The van der Waals surface area contributed by atoms with E-state index in [0.29, 0.717) is 5.75 Å². The average Bonchev–Trinajstić information content (AvgIpc) is 2.88. The van der Waals surface area contributed by atoms with Crippen LogP contribution in [0.5, 0.6) is 5.75 Å². The summed E-state index contributed by atoms with van der Waals surface area (Å²) in [6, 6.07) is 7.45. The van der Waals surface area contributed by atoms with Crippen molar-refractivity contribution in [3.05, 3.63) is 30.5 Å². The van der Waals surface area contributed by atoms with E-state index in [4.69, 9.17) is 14.2 Å². The molecule has 8 nitrogen and oxygen atoms in total. The second-order valence-electron chi connectivity index (χ2n) is 5.68. The molecule has 1 aliphatic rings. The van der Waals surface area contributed by atoms with E-state index in [1.807, 2.05) is 35.9 Å². The Morgan fingerprint density at radius 3 is 2.62 bits per heavy atom. The van der Waals surface area contributed by atoms with Crippen LogP contribution in [-0.4, -0.2) is 63.7 Å². The second-order valence-corrected chi connectivity index (χ2v) is 5.68. The molecule has 0 bridgehead atoms. The van der Waals surface area contributed by atoms with Crippen LogP contribution in [0.2, 0.25) is 0 Å². The van der Waals surface area contributed by atoms with Gasteiger partial charge in [0.25, 0.3) is 0 Å². The highest BCUT2D eigenvalue weighted by atomic mass is 16.7. The summed E-state index contributed by atoms with van der Waals surface area (Å²) in [7, 11) is 3.08. The van der Waals surface area contributed by atoms with E-state index in [2.05, 4.69) is 0 Å². The standard InChI is InChI=1S/C16H19NO7/c1-17-7-10(8-5-3-4-6-9(8)17)23-16-12(19)11(18)13(22-2)14(24-16)15(20)21/h3-7,11-14,16,18-19H,1-2H3,(H,20,21)/t11?,12?,13-,14?,16-/m1/s1. The quantitative estimate of drug-likeness (QED) is 0.726. The number of ether oxygens (including phenoxy) is 3. The number of carboxylic acids is 1. The third kappa shape index (κ3) is 2.73. The van der Waals surface area contributed by atoms with Gasteiger partial charge in [0.2, 0.25) is 6.29 Å². The number of fused-ring (bicyclic) bond motifs is 1. The van der Waals surface area contributed by atoms with Crippen LogP contribution in [0.1, 0.15) is 0 Å². The third-order valence-corrected chi connectivity index (χ3v) is 4.16. The molecule has 0 aliphatic carbocycles. The van der Waals surface area contributed by atoms with Crippen molar-refractivity contribution < 1.29 is 34.3 Å². The van der Waals surface area contributed by atoms with Gasteiger partial charge in [0.1, 0.15) is 24.1 Å². The maximum absolute atomic E-state index is 11.3. The SMILES string of the molecule is CO[C@H]1C(C(=O)O)O[C@@H](Oc2cn(C)c3ccccc23)C(O)C1O. The molecule has 3 unspecified atom stereocenters. The van der Waals surface area contributed by atoms with Crippen molar-refractivity contribution in [3.8, 4) is 5.75 Å². The van der Waals surface area contributed by atoms with E-state index < -0.39 is 36.7 Å². The van der Waals surface area contributed by atoms with Gasteiger partial charge in [-0.05, 0) is 12.1 Å². The van der Waals surface area contributed by atoms with Gasteiger partial charge in [0.05, 0.1) is 5.52 Å². The molecule has 1 fully saturated rings. The van der Waals surface area contributed by atoms with E-state index in [1.165, 1.54) is 7.11 Å². The Bertz CT molecular complexity index is 743. The zero-order valence-electron chi connectivity index (χ0n) is 13.2. The molecule has 1 aliphatic heterocycles. The summed E-state index contributed by atoms with van der Waals surface area (Å²) in [5.41, 5.74) is 0.905. The lowest BCUT2D eigenvalue weighted by atomic mass is 9.98. The Kier molecular flexibility index (Phi) is 4.46. The molecule has 1 aromatic heterocycles. The van der Waals surface area contributed by atoms with E-state index in [-0.39, 0.29) is 0 Å². The molecular formula is C16H19NO7. The van der Waals surface area contributed by atoms with Crippen molar-refractivity contribution in [2.75, 3.05) is 7.11 Å². The molecule has 1 saturated heterocycles. The highest BCUT2D eigenvalue weighted by Gasteiger charge is 2.49. The van der Waals surface area contributed by atoms with Gasteiger partial charge in [-0.15, -0.1) is 0 Å². The van der Waals surface area contributed by atoms with Crippen molar-refractivity contribution in [2.45, 2.75) is 30.7 Å². The molecule has 24 heavy (non-hydrogen) atoms. The molecule has 0 radical (unpaired) electrons. The summed E-state index contributed by atoms with van der Waals surface area (Å²) in [6.45, 7) is 0. The van der Waals surface area contributed by atoms with Crippen LogP contribution >= 0.6 is 0 Å². The number of aliphatic carboxylic acids is 1. The van der Waals surface area contributed by atoms with Crippen molar-refractivity contribution in [2.24, 2.45) is 7.05 Å². The molecule has 0 saturated carbocycles. The minimum atomic E-state index is -1.45. The van der Waals surface area contributed by atoms with Gasteiger partial charge < -0.3 is 34.1 Å². The summed E-state index contributed by atoms with van der Waals surface area (Å²) < 4.78 is 17.8. The van der Waals surface area contributed by atoms with Gasteiger partial charge in [0.15, 0.2) is 6.10 Å². The van der Waals surface area contributed by atoms with Gasteiger partial charge in [0, 0.05) is 25.7 Å². The minimum absolute atomic E-state index is 0.421. The topological polar surface area (TPSA) is 110 Å². The Balaban J connectivity index is 1.89. The molecular weight excluding hydrogens is 318 g/mol. The van der Waals surface area contributed by atoms with Crippen LogP contribution in [0.3, 0.4) is 0 Å². The Morgan fingerprint density at radius 1 is 1.25 bits per heavy atom.